The van der Waals surface area contributed by atoms with Crippen molar-refractivity contribution in [3.63, 3.8) is 0 Å². The summed E-state index contributed by atoms with van der Waals surface area (Å²) in [7, 11) is 3.24. The summed E-state index contributed by atoms with van der Waals surface area (Å²) in [6, 6.07) is 0. The van der Waals surface area contributed by atoms with Crippen molar-refractivity contribution in [2.45, 2.75) is 6.42 Å². The number of hydrazone groups is 1. The molecule has 1 rings (SSSR count). The van der Waals surface area contributed by atoms with Gasteiger partial charge in [0.25, 0.3) is 0 Å². The molecule has 6 nitrogen and oxygen atoms in total. The van der Waals surface area contributed by atoms with E-state index in [-0.39, 0.29) is 5.91 Å². The molecule has 1 aliphatic heterocycles. The van der Waals surface area contributed by atoms with Crippen molar-refractivity contribution in [2.24, 2.45) is 16.8 Å². The van der Waals surface area contributed by atoms with Gasteiger partial charge in [0.1, 0.15) is 5.82 Å². The van der Waals surface area contributed by atoms with Gasteiger partial charge in [0, 0.05) is 38.9 Å². The molecular formula is C10H18N4O2. The number of likely N-dealkylation sites (N-methyl/N-ethyl adjacent to an activating group) is 1. The maximum atomic E-state index is 11.0. The minimum Gasteiger partial charge on any atom is -0.384 e. The molecule has 0 aromatic rings. The molecule has 16 heavy (non-hydrogen) atoms. The number of hydrogen-bond donors (Lipinski definition) is 2. The SMILES string of the molecule is CNC(=O)/C=C(\N)N(C)/N=C/C1CCOC1. The Morgan fingerprint density at radius 3 is 3.00 bits per heavy atom. The van der Waals surface area contributed by atoms with Crippen molar-refractivity contribution in [3.8, 4) is 0 Å². The Labute approximate surface area is 95.1 Å². The van der Waals surface area contributed by atoms with Crippen LogP contribution in [0.15, 0.2) is 17.0 Å². The second-order valence-electron chi connectivity index (χ2n) is 3.60. The minimum atomic E-state index is -0.247. The summed E-state index contributed by atoms with van der Waals surface area (Å²) in [5.41, 5.74) is 5.66. The van der Waals surface area contributed by atoms with Crippen LogP contribution in [0.2, 0.25) is 0 Å². The Morgan fingerprint density at radius 2 is 2.44 bits per heavy atom. The normalized spacial score (nSPS) is 21.4. The minimum absolute atomic E-state index is 0.247. The quantitative estimate of drug-likeness (QED) is 0.384. The highest BCUT2D eigenvalue weighted by molar-refractivity contribution is 5.87. The lowest BCUT2D eigenvalue weighted by Crippen LogP contribution is -2.23. The standard InChI is InChI=1S/C10H18N4O2/c1-12-10(15)5-9(11)14(2)13-6-8-3-4-16-7-8/h5-6,8H,3-4,7,11H2,1-2H3,(H,12,15)/b9-5+,13-6+. The molecule has 3 N–H and O–H groups in total. The van der Waals surface area contributed by atoms with Gasteiger partial charge in [-0.1, -0.05) is 0 Å². The molecule has 0 aromatic heterocycles. The van der Waals surface area contributed by atoms with Crippen LogP contribution in [-0.4, -0.2) is 44.4 Å². The topological polar surface area (TPSA) is 80.0 Å². The Bertz CT molecular complexity index is 295. The van der Waals surface area contributed by atoms with E-state index in [2.05, 4.69) is 10.4 Å². The summed E-state index contributed by atoms with van der Waals surface area (Å²) in [5.74, 6) is 0.397. The summed E-state index contributed by atoms with van der Waals surface area (Å²) in [4.78, 5) is 11.0. The molecule has 6 heteroatoms. The molecule has 1 aliphatic rings. The summed E-state index contributed by atoms with van der Waals surface area (Å²) in [5, 5.41) is 8.07. The molecule has 90 valence electrons. The van der Waals surface area contributed by atoms with Crippen molar-refractivity contribution in [2.75, 3.05) is 27.3 Å². The second-order valence-corrected chi connectivity index (χ2v) is 3.60. The summed E-state index contributed by atoms with van der Waals surface area (Å²) in [6.07, 6.45) is 4.08. The predicted octanol–water partition coefficient (Wildman–Crippen LogP) is -0.513. The highest BCUT2D eigenvalue weighted by Gasteiger charge is 2.13. The highest BCUT2D eigenvalue weighted by Crippen LogP contribution is 2.09. The van der Waals surface area contributed by atoms with E-state index in [1.165, 1.54) is 11.1 Å². The van der Waals surface area contributed by atoms with Gasteiger partial charge in [-0.3, -0.25) is 9.80 Å². The van der Waals surface area contributed by atoms with Crippen LogP contribution in [0.4, 0.5) is 0 Å². The summed E-state index contributed by atoms with van der Waals surface area (Å²) < 4.78 is 5.21. The fourth-order valence-electron chi connectivity index (χ4n) is 1.23. The molecule has 1 saturated heterocycles. The van der Waals surface area contributed by atoms with Gasteiger partial charge >= 0.3 is 0 Å². The van der Waals surface area contributed by atoms with E-state index in [4.69, 9.17) is 10.5 Å². The number of carbonyl (C=O) groups is 1. The Balaban J connectivity index is 2.46. The van der Waals surface area contributed by atoms with Crippen LogP contribution in [0.3, 0.4) is 0 Å². The zero-order chi connectivity index (χ0) is 12.0. The molecule has 0 aliphatic carbocycles. The van der Waals surface area contributed by atoms with Crippen molar-refractivity contribution >= 4 is 12.1 Å². The lowest BCUT2D eigenvalue weighted by molar-refractivity contribution is -0.116. The number of carbonyl (C=O) groups excluding carboxylic acids is 1. The molecule has 0 radical (unpaired) electrons. The van der Waals surface area contributed by atoms with E-state index in [0.717, 1.165) is 13.0 Å². The third kappa shape index (κ3) is 3.90. The Morgan fingerprint density at radius 1 is 1.69 bits per heavy atom. The average molecular weight is 226 g/mol. The summed E-state index contributed by atoms with van der Waals surface area (Å²) in [6.45, 7) is 1.49. The van der Waals surface area contributed by atoms with E-state index in [9.17, 15) is 4.79 Å². The molecule has 1 unspecified atom stereocenters. The van der Waals surface area contributed by atoms with Gasteiger partial charge in [-0.2, -0.15) is 5.10 Å². The number of rotatable bonds is 4. The lowest BCUT2D eigenvalue weighted by Gasteiger charge is -2.13. The van der Waals surface area contributed by atoms with Gasteiger partial charge in [0.05, 0.1) is 6.61 Å². The van der Waals surface area contributed by atoms with Crippen LogP contribution in [0, 0.1) is 5.92 Å². The van der Waals surface area contributed by atoms with Crippen LogP contribution in [-0.2, 0) is 9.53 Å². The van der Waals surface area contributed by atoms with Crippen LogP contribution in [0.5, 0.6) is 0 Å². The molecule has 1 heterocycles. The molecular weight excluding hydrogens is 208 g/mol. The third-order valence-electron chi connectivity index (χ3n) is 2.31. The van der Waals surface area contributed by atoms with Gasteiger partial charge < -0.3 is 15.8 Å². The number of nitrogens with zero attached hydrogens (tertiary/aromatic N) is 2. The molecule has 0 bridgehead atoms. The highest BCUT2D eigenvalue weighted by atomic mass is 16.5. The van der Waals surface area contributed by atoms with Crippen LogP contribution in [0.25, 0.3) is 0 Å². The van der Waals surface area contributed by atoms with Crippen LogP contribution in [0.1, 0.15) is 6.42 Å². The molecule has 1 fully saturated rings. The van der Waals surface area contributed by atoms with Crippen molar-refractivity contribution in [1.82, 2.24) is 10.3 Å². The zero-order valence-electron chi connectivity index (χ0n) is 9.64. The third-order valence-corrected chi connectivity index (χ3v) is 2.31. The largest absolute Gasteiger partial charge is 0.384 e. The van der Waals surface area contributed by atoms with E-state index >= 15 is 0 Å². The first-order valence-electron chi connectivity index (χ1n) is 5.18. The van der Waals surface area contributed by atoms with Gasteiger partial charge in [-0.25, -0.2) is 0 Å². The smallest absolute Gasteiger partial charge is 0.247 e. The lowest BCUT2D eigenvalue weighted by atomic mass is 10.1. The molecule has 0 saturated carbocycles. The van der Waals surface area contributed by atoms with Crippen molar-refractivity contribution in [3.05, 3.63) is 11.9 Å². The number of nitrogens with two attached hydrogens (primary N) is 1. The van der Waals surface area contributed by atoms with E-state index in [1.54, 1.807) is 20.3 Å². The summed E-state index contributed by atoms with van der Waals surface area (Å²) >= 11 is 0. The molecule has 1 amide bonds. The first kappa shape index (κ1) is 12.5. The Kier molecular flexibility index (Phi) is 4.78. The Hall–Kier alpha value is -1.56. The van der Waals surface area contributed by atoms with Gasteiger partial charge in [-0.15, -0.1) is 0 Å². The first-order valence-corrected chi connectivity index (χ1v) is 5.18. The molecule has 0 spiro atoms. The maximum Gasteiger partial charge on any atom is 0.247 e. The average Bonchev–Trinajstić information content (AvgIpc) is 2.78. The first-order chi connectivity index (χ1) is 7.63. The van der Waals surface area contributed by atoms with E-state index < -0.39 is 0 Å². The number of nitrogens with one attached hydrogen (secondary N) is 1. The maximum absolute atomic E-state index is 11.0. The van der Waals surface area contributed by atoms with E-state index in [1.807, 2.05) is 0 Å². The number of amides is 1. The molecule has 1 atom stereocenters. The van der Waals surface area contributed by atoms with Crippen LogP contribution >= 0.6 is 0 Å². The fourth-order valence-corrected chi connectivity index (χ4v) is 1.23. The van der Waals surface area contributed by atoms with Gasteiger partial charge in [-0.05, 0) is 6.42 Å². The van der Waals surface area contributed by atoms with Crippen molar-refractivity contribution in [1.29, 1.82) is 0 Å². The second kappa shape index (κ2) is 6.12. The number of ether oxygens (including phenoxy) is 1. The van der Waals surface area contributed by atoms with E-state index in [0.29, 0.717) is 18.3 Å². The van der Waals surface area contributed by atoms with Crippen LogP contribution < -0.4 is 11.1 Å². The van der Waals surface area contributed by atoms with Gasteiger partial charge in [0.2, 0.25) is 5.91 Å². The zero-order valence-corrected chi connectivity index (χ0v) is 9.64. The predicted molar refractivity (Wildman–Crippen MR) is 61.5 cm³/mol. The fraction of sp³-hybridized carbons (Fsp3) is 0.600. The number of hydrogen-bond acceptors (Lipinski definition) is 5. The molecule has 0 aromatic carbocycles. The van der Waals surface area contributed by atoms with Gasteiger partial charge in [0.15, 0.2) is 0 Å². The van der Waals surface area contributed by atoms with Crippen molar-refractivity contribution < 1.29 is 9.53 Å². The monoisotopic (exact) mass is 226 g/mol.